The van der Waals surface area contributed by atoms with Crippen LogP contribution in [-0.4, -0.2) is 54.8 Å². The first-order chi connectivity index (χ1) is 14.5. The molecule has 9 heteroatoms. The summed E-state index contributed by atoms with van der Waals surface area (Å²) in [6.45, 7) is 10.2. The first-order valence-electron chi connectivity index (χ1n) is 10.5. The molecule has 0 radical (unpaired) electrons. The average Bonchev–Trinajstić information content (AvgIpc) is 2.66. The van der Waals surface area contributed by atoms with E-state index in [1.807, 2.05) is 13.8 Å². The number of hydrogen-bond acceptors (Lipinski definition) is 5. The van der Waals surface area contributed by atoms with Gasteiger partial charge in [0.1, 0.15) is 11.4 Å². The van der Waals surface area contributed by atoms with Gasteiger partial charge in [-0.25, -0.2) is 9.59 Å². The molecule has 0 spiro atoms. The van der Waals surface area contributed by atoms with Crippen LogP contribution in [0.5, 0.6) is 5.75 Å². The number of amides is 4. The summed E-state index contributed by atoms with van der Waals surface area (Å²) < 4.78 is 10.6. The number of urea groups is 1. The fourth-order valence-electron chi connectivity index (χ4n) is 3.25. The van der Waals surface area contributed by atoms with Gasteiger partial charge in [-0.15, -0.1) is 0 Å². The number of rotatable bonds is 5. The standard InChI is InChI=1S/C22H34N4O5/c1-14(2)23-19(27)15-9-11-26(12-10-15)20(28)24-16-7-8-18(30-6)17(13-16)25-21(29)31-22(3,4)5/h7-8,13-15H,9-12H2,1-6H3,(H,23,27)(H,24,28)(H,25,29). The molecule has 4 amide bonds. The van der Waals surface area contributed by atoms with Crippen LogP contribution in [0, 0.1) is 5.92 Å². The van der Waals surface area contributed by atoms with Crippen LogP contribution in [0.4, 0.5) is 21.0 Å². The van der Waals surface area contributed by atoms with Crippen LogP contribution in [0.15, 0.2) is 18.2 Å². The van der Waals surface area contributed by atoms with Gasteiger partial charge in [-0.2, -0.15) is 0 Å². The molecule has 0 atom stereocenters. The van der Waals surface area contributed by atoms with Crippen molar-refractivity contribution in [2.45, 2.75) is 59.1 Å². The van der Waals surface area contributed by atoms with Crippen molar-refractivity contribution in [3.63, 3.8) is 0 Å². The lowest BCUT2D eigenvalue weighted by atomic mass is 9.96. The molecule has 0 unspecified atom stereocenters. The van der Waals surface area contributed by atoms with Crippen molar-refractivity contribution in [2.75, 3.05) is 30.8 Å². The van der Waals surface area contributed by atoms with E-state index in [9.17, 15) is 14.4 Å². The van der Waals surface area contributed by atoms with Crippen LogP contribution < -0.4 is 20.7 Å². The van der Waals surface area contributed by atoms with Gasteiger partial charge in [0.05, 0.1) is 12.8 Å². The maximum atomic E-state index is 12.7. The molecule has 0 aromatic heterocycles. The van der Waals surface area contributed by atoms with Crippen molar-refractivity contribution < 1.29 is 23.9 Å². The SMILES string of the molecule is COc1ccc(NC(=O)N2CCC(C(=O)NC(C)C)CC2)cc1NC(=O)OC(C)(C)C. The van der Waals surface area contributed by atoms with Crippen LogP contribution in [0.3, 0.4) is 0 Å². The van der Waals surface area contributed by atoms with E-state index in [-0.39, 0.29) is 23.9 Å². The fourth-order valence-corrected chi connectivity index (χ4v) is 3.25. The van der Waals surface area contributed by atoms with E-state index in [2.05, 4.69) is 16.0 Å². The van der Waals surface area contributed by atoms with Gasteiger partial charge in [-0.1, -0.05) is 0 Å². The highest BCUT2D eigenvalue weighted by molar-refractivity contribution is 5.93. The average molecular weight is 435 g/mol. The number of anilines is 2. The van der Waals surface area contributed by atoms with Crippen LogP contribution in [0.2, 0.25) is 0 Å². The molecule has 1 aromatic carbocycles. The predicted octanol–water partition coefficient (Wildman–Crippen LogP) is 3.81. The molecule has 0 aliphatic carbocycles. The van der Waals surface area contributed by atoms with Crippen LogP contribution in [0.25, 0.3) is 0 Å². The highest BCUT2D eigenvalue weighted by atomic mass is 16.6. The Labute approximate surface area is 183 Å². The number of carbonyl (C=O) groups excluding carboxylic acids is 3. The quantitative estimate of drug-likeness (QED) is 0.653. The van der Waals surface area contributed by atoms with Gasteiger partial charge in [0.15, 0.2) is 0 Å². The van der Waals surface area contributed by atoms with Crippen molar-refractivity contribution in [3.05, 3.63) is 18.2 Å². The molecule has 0 saturated carbocycles. The normalized spacial score (nSPS) is 14.7. The summed E-state index contributed by atoms with van der Waals surface area (Å²) in [6, 6.07) is 4.82. The second-order valence-electron chi connectivity index (χ2n) is 8.90. The number of nitrogens with one attached hydrogen (secondary N) is 3. The Morgan fingerprint density at radius 2 is 1.74 bits per heavy atom. The minimum atomic E-state index is -0.638. The van der Waals surface area contributed by atoms with E-state index in [0.29, 0.717) is 43.1 Å². The van der Waals surface area contributed by atoms with E-state index < -0.39 is 11.7 Å². The third kappa shape index (κ3) is 7.66. The van der Waals surface area contributed by atoms with Gasteiger partial charge in [0, 0.05) is 30.7 Å². The smallest absolute Gasteiger partial charge is 0.412 e. The summed E-state index contributed by atoms with van der Waals surface area (Å²) in [7, 11) is 1.49. The Balaban J connectivity index is 1.97. The van der Waals surface area contributed by atoms with E-state index in [1.54, 1.807) is 43.9 Å². The third-order valence-corrected chi connectivity index (χ3v) is 4.67. The van der Waals surface area contributed by atoms with E-state index in [1.165, 1.54) is 7.11 Å². The van der Waals surface area contributed by atoms with Crippen molar-refractivity contribution in [2.24, 2.45) is 5.92 Å². The van der Waals surface area contributed by atoms with Gasteiger partial charge in [0.25, 0.3) is 0 Å². The molecule has 2 rings (SSSR count). The van der Waals surface area contributed by atoms with Crippen molar-refractivity contribution in [1.82, 2.24) is 10.2 Å². The minimum absolute atomic E-state index is 0.0445. The van der Waals surface area contributed by atoms with Crippen molar-refractivity contribution in [1.29, 1.82) is 0 Å². The number of piperidine rings is 1. The molecular weight excluding hydrogens is 400 g/mol. The number of likely N-dealkylation sites (tertiary alicyclic amines) is 1. The van der Waals surface area contributed by atoms with Gasteiger partial charge in [-0.3, -0.25) is 10.1 Å². The topological polar surface area (TPSA) is 109 Å². The second kappa shape index (κ2) is 10.4. The molecule has 1 heterocycles. The molecule has 1 fully saturated rings. The maximum absolute atomic E-state index is 12.7. The van der Waals surface area contributed by atoms with Crippen LogP contribution in [0.1, 0.15) is 47.5 Å². The number of carbonyl (C=O) groups is 3. The molecule has 9 nitrogen and oxygen atoms in total. The first-order valence-corrected chi connectivity index (χ1v) is 10.5. The predicted molar refractivity (Wildman–Crippen MR) is 119 cm³/mol. The lowest BCUT2D eigenvalue weighted by Gasteiger charge is -2.31. The Morgan fingerprint density at radius 1 is 1.10 bits per heavy atom. The molecule has 1 aliphatic rings. The fraction of sp³-hybridized carbons (Fsp3) is 0.591. The Morgan fingerprint density at radius 3 is 2.29 bits per heavy atom. The zero-order chi connectivity index (χ0) is 23.2. The summed E-state index contributed by atoms with van der Waals surface area (Å²) >= 11 is 0. The molecule has 3 N–H and O–H groups in total. The maximum Gasteiger partial charge on any atom is 0.412 e. The van der Waals surface area contributed by atoms with Gasteiger partial charge >= 0.3 is 12.1 Å². The Bertz CT molecular complexity index is 796. The minimum Gasteiger partial charge on any atom is -0.495 e. The Hall–Kier alpha value is -2.97. The van der Waals surface area contributed by atoms with Crippen molar-refractivity contribution >= 4 is 29.4 Å². The molecular formula is C22H34N4O5. The highest BCUT2D eigenvalue weighted by Gasteiger charge is 2.27. The number of nitrogens with zero attached hydrogens (tertiary/aromatic N) is 1. The lowest BCUT2D eigenvalue weighted by molar-refractivity contribution is -0.126. The number of ether oxygens (including phenoxy) is 2. The monoisotopic (exact) mass is 434 g/mol. The van der Waals surface area contributed by atoms with Crippen LogP contribution in [-0.2, 0) is 9.53 Å². The number of hydrogen-bond donors (Lipinski definition) is 3. The molecule has 1 aliphatic heterocycles. The number of methoxy groups -OCH3 is 1. The number of benzene rings is 1. The molecule has 0 bridgehead atoms. The van der Waals surface area contributed by atoms with E-state index >= 15 is 0 Å². The zero-order valence-corrected chi connectivity index (χ0v) is 19.2. The summed E-state index contributed by atoms with van der Waals surface area (Å²) in [6.07, 6.45) is 0.635. The second-order valence-corrected chi connectivity index (χ2v) is 8.90. The zero-order valence-electron chi connectivity index (χ0n) is 19.2. The van der Waals surface area contributed by atoms with Gasteiger partial charge < -0.3 is 25.0 Å². The summed E-state index contributed by atoms with van der Waals surface area (Å²) in [5, 5.41) is 8.42. The van der Waals surface area contributed by atoms with Crippen LogP contribution >= 0.6 is 0 Å². The summed E-state index contributed by atoms with van der Waals surface area (Å²) in [5.41, 5.74) is 0.261. The third-order valence-electron chi connectivity index (χ3n) is 4.67. The summed E-state index contributed by atoms with van der Waals surface area (Å²) in [4.78, 5) is 38.6. The Kier molecular flexibility index (Phi) is 8.13. The van der Waals surface area contributed by atoms with Gasteiger partial charge in [-0.05, 0) is 65.7 Å². The van der Waals surface area contributed by atoms with Gasteiger partial charge in [0.2, 0.25) is 5.91 Å². The summed E-state index contributed by atoms with van der Waals surface area (Å²) in [5.74, 6) is 0.418. The van der Waals surface area contributed by atoms with E-state index in [0.717, 1.165) is 0 Å². The first kappa shape index (κ1) is 24.3. The highest BCUT2D eigenvalue weighted by Crippen LogP contribution is 2.29. The molecule has 1 saturated heterocycles. The largest absolute Gasteiger partial charge is 0.495 e. The molecule has 31 heavy (non-hydrogen) atoms. The van der Waals surface area contributed by atoms with E-state index in [4.69, 9.17) is 9.47 Å². The lowest BCUT2D eigenvalue weighted by Crippen LogP contribution is -2.45. The molecule has 172 valence electrons. The molecule has 1 aromatic rings. The van der Waals surface area contributed by atoms with Crippen molar-refractivity contribution in [3.8, 4) is 5.75 Å².